The maximum Gasteiger partial charge on any atom is 0.0160 e. The highest BCUT2D eigenvalue weighted by Gasteiger charge is 2.27. The highest BCUT2D eigenvalue weighted by atomic mass is 15.1. The first kappa shape index (κ1) is 12.1. The third-order valence-electron chi connectivity index (χ3n) is 4.29. The van der Waals surface area contributed by atoms with Gasteiger partial charge in [0.05, 0.1) is 0 Å². The SMILES string of the molecule is C=CCN1CCC(NC2CCCC2C)CC1. The number of nitrogens with one attached hydrogen (secondary N) is 1. The van der Waals surface area contributed by atoms with Crippen LogP contribution in [0.1, 0.15) is 39.0 Å². The maximum atomic E-state index is 3.88. The average Bonchev–Trinajstić information content (AvgIpc) is 2.68. The lowest BCUT2D eigenvalue weighted by Crippen LogP contribution is -2.46. The molecule has 0 spiro atoms. The number of rotatable bonds is 4. The minimum atomic E-state index is 0.770. The standard InChI is InChI=1S/C14H26N2/c1-3-9-16-10-7-13(8-11-16)15-14-6-4-5-12(14)2/h3,12-15H,1,4-11H2,2H3. The largest absolute Gasteiger partial charge is 0.311 e. The lowest BCUT2D eigenvalue weighted by Gasteiger charge is -2.34. The summed E-state index contributed by atoms with van der Waals surface area (Å²) in [4.78, 5) is 2.50. The third-order valence-corrected chi connectivity index (χ3v) is 4.29. The summed E-state index contributed by atoms with van der Waals surface area (Å²) in [6, 6.07) is 1.57. The molecule has 0 amide bonds. The van der Waals surface area contributed by atoms with Crippen molar-refractivity contribution in [3.8, 4) is 0 Å². The van der Waals surface area contributed by atoms with E-state index in [1.54, 1.807) is 0 Å². The maximum absolute atomic E-state index is 3.88. The second-order valence-corrected chi connectivity index (χ2v) is 5.54. The summed E-state index contributed by atoms with van der Waals surface area (Å²) in [7, 11) is 0. The number of piperidine rings is 1. The highest BCUT2D eigenvalue weighted by molar-refractivity contribution is 4.87. The van der Waals surface area contributed by atoms with Gasteiger partial charge in [0, 0.05) is 18.6 Å². The van der Waals surface area contributed by atoms with Crippen LogP contribution in [-0.2, 0) is 0 Å². The van der Waals surface area contributed by atoms with Crippen LogP contribution >= 0.6 is 0 Å². The van der Waals surface area contributed by atoms with E-state index in [0.717, 1.165) is 24.5 Å². The topological polar surface area (TPSA) is 15.3 Å². The van der Waals surface area contributed by atoms with Crippen LogP contribution in [0.5, 0.6) is 0 Å². The van der Waals surface area contributed by atoms with Crippen LogP contribution < -0.4 is 5.32 Å². The molecule has 0 aromatic carbocycles. The van der Waals surface area contributed by atoms with E-state index < -0.39 is 0 Å². The zero-order valence-electron chi connectivity index (χ0n) is 10.6. The lowest BCUT2D eigenvalue weighted by atomic mass is 10.0. The van der Waals surface area contributed by atoms with Crippen molar-refractivity contribution in [3.63, 3.8) is 0 Å². The molecule has 0 radical (unpaired) electrons. The van der Waals surface area contributed by atoms with Gasteiger partial charge < -0.3 is 5.32 Å². The van der Waals surface area contributed by atoms with Crippen molar-refractivity contribution in [2.24, 2.45) is 5.92 Å². The molecule has 2 rings (SSSR count). The van der Waals surface area contributed by atoms with E-state index in [0.29, 0.717) is 0 Å². The predicted molar refractivity (Wildman–Crippen MR) is 69.6 cm³/mol. The molecule has 0 bridgehead atoms. The predicted octanol–water partition coefficient (Wildman–Crippen LogP) is 2.42. The third kappa shape index (κ3) is 3.08. The molecule has 92 valence electrons. The Kier molecular flexibility index (Phi) is 4.42. The van der Waals surface area contributed by atoms with E-state index in [1.807, 2.05) is 6.08 Å². The Morgan fingerprint density at radius 3 is 2.56 bits per heavy atom. The van der Waals surface area contributed by atoms with Gasteiger partial charge in [-0.2, -0.15) is 0 Å². The Bertz CT molecular complexity index is 219. The van der Waals surface area contributed by atoms with Crippen molar-refractivity contribution in [3.05, 3.63) is 12.7 Å². The quantitative estimate of drug-likeness (QED) is 0.735. The van der Waals surface area contributed by atoms with Crippen LogP contribution in [0.15, 0.2) is 12.7 Å². The van der Waals surface area contributed by atoms with Crippen LogP contribution in [0, 0.1) is 5.92 Å². The van der Waals surface area contributed by atoms with Crippen LogP contribution in [0.4, 0.5) is 0 Å². The lowest BCUT2D eigenvalue weighted by molar-refractivity contribution is 0.201. The molecule has 2 aliphatic rings. The van der Waals surface area contributed by atoms with E-state index in [9.17, 15) is 0 Å². The van der Waals surface area contributed by atoms with Gasteiger partial charge in [-0.1, -0.05) is 19.4 Å². The summed E-state index contributed by atoms with van der Waals surface area (Å²) in [6.45, 7) is 9.75. The Balaban J connectivity index is 1.70. The molecule has 2 fully saturated rings. The molecule has 2 heteroatoms. The average molecular weight is 222 g/mol. The van der Waals surface area contributed by atoms with Crippen LogP contribution in [0.3, 0.4) is 0 Å². The Morgan fingerprint density at radius 2 is 2.00 bits per heavy atom. The molecule has 1 N–H and O–H groups in total. The number of hydrogen-bond donors (Lipinski definition) is 1. The van der Waals surface area contributed by atoms with Crippen LogP contribution in [0.25, 0.3) is 0 Å². The molecule has 1 aliphatic heterocycles. The molecule has 2 unspecified atom stereocenters. The summed E-state index contributed by atoms with van der Waals surface area (Å²) in [5.41, 5.74) is 0. The molecule has 2 atom stereocenters. The van der Waals surface area contributed by atoms with Gasteiger partial charge in [-0.15, -0.1) is 6.58 Å². The Morgan fingerprint density at radius 1 is 1.25 bits per heavy atom. The second kappa shape index (κ2) is 5.83. The van der Waals surface area contributed by atoms with Gasteiger partial charge in [-0.25, -0.2) is 0 Å². The molecule has 1 saturated carbocycles. The van der Waals surface area contributed by atoms with Gasteiger partial charge in [-0.3, -0.25) is 4.90 Å². The van der Waals surface area contributed by atoms with Crippen molar-refractivity contribution in [2.75, 3.05) is 19.6 Å². The summed E-state index contributed by atoms with van der Waals surface area (Å²) in [6.07, 6.45) is 8.90. The fourth-order valence-electron chi connectivity index (χ4n) is 3.16. The summed E-state index contributed by atoms with van der Waals surface area (Å²) < 4.78 is 0. The summed E-state index contributed by atoms with van der Waals surface area (Å²) >= 11 is 0. The molecule has 2 nitrogen and oxygen atoms in total. The van der Waals surface area contributed by atoms with Crippen molar-refractivity contribution in [2.45, 2.75) is 51.1 Å². The van der Waals surface area contributed by atoms with Gasteiger partial charge in [0.2, 0.25) is 0 Å². The molecule has 1 aliphatic carbocycles. The Hall–Kier alpha value is -0.340. The first-order chi connectivity index (χ1) is 7.79. The van der Waals surface area contributed by atoms with Crippen LogP contribution in [-0.4, -0.2) is 36.6 Å². The van der Waals surface area contributed by atoms with Crippen molar-refractivity contribution in [1.82, 2.24) is 10.2 Å². The summed E-state index contributed by atoms with van der Waals surface area (Å²) in [5.74, 6) is 0.895. The summed E-state index contributed by atoms with van der Waals surface area (Å²) in [5, 5.41) is 3.88. The molecule has 1 heterocycles. The number of likely N-dealkylation sites (tertiary alicyclic amines) is 1. The highest BCUT2D eigenvalue weighted by Crippen LogP contribution is 2.26. The van der Waals surface area contributed by atoms with Gasteiger partial charge in [0.1, 0.15) is 0 Å². The van der Waals surface area contributed by atoms with E-state index in [-0.39, 0.29) is 0 Å². The second-order valence-electron chi connectivity index (χ2n) is 5.54. The smallest absolute Gasteiger partial charge is 0.0160 e. The molecule has 0 aromatic heterocycles. The van der Waals surface area contributed by atoms with Crippen molar-refractivity contribution >= 4 is 0 Å². The van der Waals surface area contributed by atoms with Gasteiger partial charge >= 0.3 is 0 Å². The van der Waals surface area contributed by atoms with E-state index in [2.05, 4.69) is 23.7 Å². The number of hydrogen-bond acceptors (Lipinski definition) is 2. The fraction of sp³-hybridized carbons (Fsp3) is 0.857. The van der Waals surface area contributed by atoms with Crippen molar-refractivity contribution in [1.29, 1.82) is 0 Å². The van der Waals surface area contributed by atoms with Gasteiger partial charge in [0.25, 0.3) is 0 Å². The minimum absolute atomic E-state index is 0.770. The van der Waals surface area contributed by atoms with E-state index in [4.69, 9.17) is 0 Å². The molecule has 1 saturated heterocycles. The molecule has 16 heavy (non-hydrogen) atoms. The number of nitrogens with zero attached hydrogens (tertiary/aromatic N) is 1. The molecule has 0 aromatic rings. The first-order valence-electron chi connectivity index (χ1n) is 6.89. The minimum Gasteiger partial charge on any atom is -0.311 e. The van der Waals surface area contributed by atoms with E-state index >= 15 is 0 Å². The van der Waals surface area contributed by atoms with Gasteiger partial charge in [-0.05, 0) is 44.7 Å². The Labute approximate surface area is 100 Å². The molecular formula is C14H26N2. The van der Waals surface area contributed by atoms with E-state index in [1.165, 1.54) is 45.2 Å². The van der Waals surface area contributed by atoms with Crippen molar-refractivity contribution < 1.29 is 0 Å². The fourth-order valence-corrected chi connectivity index (χ4v) is 3.16. The zero-order chi connectivity index (χ0) is 11.4. The zero-order valence-corrected chi connectivity index (χ0v) is 10.6. The normalized spacial score (nSPS) is 33.1. The molecular weight excluding hydrogens is 196 g/mol. The first-order valence-corrected chi connectivity index (χ1v) is 6.89. The monoisotopic (exact) mass is 222 g/mol. The van der Waals surface area contributed by atoms with Crippen LogP contribution in [0.2, 0.25) is 0 Å². The van der Waals surface area contributed by atoms with Gasteiger partial charge in [0.15, 0.2) is 0 Å².